The van der Waals surface area contributed by atoms with E-state index in [0.717, 1.165) is 11.3 Å². The Hall–Kier alpha value is -1.55. The lowest BCUT2D eigenvalue weighted by molar-refractivity contribution is -0.116. The van der Waals surface area contributed by atoms with E-state index in [-0.39, 0.29) is 11.7 Å². The maximum absolute atomic E-state index is 11.4. The zero-order valence-corrected chi connectivity index (χ0v) is 9.24. The predicted molar refractivity (Wildman–Crippen MR) is 60.0 cm³/mol. The molecular weight excluding hydrogens is 192 g/mol. The van der Waals surface area contributed by atoms with Crippen LogP contribution in [-0.2, 0) is 4.79 Å². The topological polar surface area (TPSA) is 52.6 Å². The van der Waals surface area contributed by atoms with Crippen molar-refractivity contribution in [1.82, 2.24) is 4.90 Å². The van der Waals surface area contributed by atoms with Crippen molar-refractivity contribution in [3.63, 3.8) is 0 Å². The van der Waals surface area contributed by atoms with Gasteiger partial charge < -0.3 is 15.3 Å². The molecule has 15 heavy (non-hydrogen) atoms. The number of nitrogens with one attached hydrogen (secondary N) is 1. The van der Waals surface area contributed by atoms with E-state index in [9.17, 15) is 9.90 Å². The van der Waals surface area contributed by atoms with Gasteiger partial charge in [-0.05, 0) is 44.8 Å². The number of amides is 1. The molecule has 0 aromatic heterocycles. The molecule has 2 N–H and O–H groups in total. The molecule has 82 valence electrons. The lowest BCUT2D eigenvalue weighted by Gasteiger charge is -2.11. The van der Waals surface area contributed by atoms with E-state index in [1.165, 1.54) is 0 Å². The summed E-state index contributed by atoms with van der Waals surface area (Å²) < 4.78 is 0. The Kier molecular flexibility index (Phi) is 3.68. The molecule has 4 heteroatoms. The molecule has 0 atom stereocenters. The van der Waals surface area contributed by atoms with Crippen LogP contribution in [-0.4, -0.2) is 36.6 Å². The molecule has 0 unspecified atom stereocenters. The van der Waals surface area contributed by atoms with E-state index in [4.69, 9.17) is 0 Å². The minimum absolute atomic E-state index is 0.0613. The molecule has 0 saturated heterocycles. The number of hydrogen-bond acceptors (Lipinski definition) is 3. The Balaban J connectivity index is 2.68. The van der Waals surface area contributed by atoms with Crippen LogP contribution in [0.3, 0.4) is 0 Å². The molecular formula is C11H16N2O2. The predicted octanol–water partition coefficient (Wildman–Crippen LogP) is 1.20. The number of carbonyl (C=O) groups is 1. The second kappa shape index (κ2) is 4.79. The molecule has 1 aromatic carbocycles. The summed E-state index contributed by atoms with van der Waals surface area (Å²) >= 11 is 0. The number of rotatable bonds is 3. The van der Waals surface area contributed by atoms with E-state index >= 15 is 0 Å². The summed E-state index contributed by atoms with van der Waals surface area (Å²) in [5.41, 5.74) is 1.58. The van der Waals surface area contributed by atoms with Crippen LogP contribution in [0, 0.1) is 6.92 Å². The van der Waals surface area contributed by atoms with E-state index in [1.807, 2.05) is 21.0 Å². The Morgan fingerprint density at radius 1 is 1.47 bits per heavy atom. The summed E-state index contributed by atoms with van der Waals surface area (Å²) in [5, 5.41) is 12.0. The Morgan fingerprint density at radius 3 is 2.67 bits per heavy atom. The quantitative estimate of drug-likeness (QED) is 0.734. The van der Waals surface area contributed by atoms with E-state index in [2.05, 4.69) is 5.32 Å². The van der Waals surface area contributed by atoms with Crippen molar-refractivity contribution in [2.75, 3.05) is 26.0 Å². The van der Waals surface area contributed by atoms with Gasteiger partial charge in [-0.1, -0.05) is 0 Å². The zero-order valence-electron chi connectivity index (χ0n) is 9.24. The van der Waals surface area contributed by atoms with Crippen LogP contribution in [0.2, 0.25) is 0 Å². The van der Waals surface area contributed by atoms with Gasteiger partial charge in [0.05, 0.1) is 6.54 Å². The minimum Gasteiger partial charge on any atom is -0.508 e. The second-order valence-corrected chi connectivity index (χ2v) is 3.79. The summed E-state index contributed by atoms with van der Waals surface area (Å²) in [7, 11) is 3.67. The molecule has 0 bridgehead atoms. The van der Waals surface area contributed by atoms with Gasteiger partial charge in [0.15, 0.2) is 0 Å². The smallest absolute Gasteiger partial charge is 0.238 e. The fraction of sp³-hybridized carbons (Fsp3) is 0.364. The van der Waals surface area contributed by atoms with Gasteiger partial charge in [0, 0.05) is 5.69 Å². The number of anilines is 1. The van der Waals surface area contributed by atoms with Crippen LogP contribution in [0.1, 0.15) is 5.56 Å². The van der Waals surface area contributed by atoms with E-state index < -0.39 is 0 Å². The molecule has 1 rings (SSSR count). The number of phenols is 1. The van der Waals surface area contributed by atoms with Gasteiger partial charge in [-0.2, -0.15) is 0 Å². The summed E-state index contributed by atoms with van der Waals surface area (Å²) in [5.74, 6) is 0.145. The molecule has 0 radical (unpaired) electrons. The highest BCUT2D eigenvalue weighted by molar-refractivity contribution is 5.93. The maximum Gasteiger partial charge on any atom is 0.238 e. The van der Waals surface area contributed by atoms with Crippen LogP contribution < -0.4 is 5.32 Å². The van der Waals surface area contributed by atoms with Gasteiger partial charge in [0.1, 0.15) is 5.75 Å². The third kappa shape index (κ3) is 3.59. The number of nitrogens with zero attached hydrogens (tertiary/aromatic N) is 1. The van der Waals surface area contributed by atoms with Crippen molar-refractivity contribution in [3.8, 4) is 5.75 Å². The summed E-state index contributed by atoms with van der Waals surface area (Å²) in [4.78, 5) is 13.2. The molecule has 1 aromatic rings. The van der Waals surface area contributed by atoms with Gasteiger partial charge in [0.25, 0.3) is 0 Å². The van der Waals surface area contributed by atoms with Crippen molar-refractivity contribution in [2.45, 2.75) is 6.92 Å². The number of aryl methyl sites for hydroxylation is 1. The van der Waals surface area contributed by atoms with Crippen LogP contribution in [0.15, 0.2) is 18.2 Å². The number of benzene rings is 1. The third-order valence-corrected chi connectivity index (χ3v) is 1.94. The van der Waals surface area contributed by atoms with Gasteiger partial charge in [-0.3, -0.25) is 4.79 Å². The first-order chi connectivity index (χ1) is 6.99. The number of hydrogen-bond donors (Lipinski definition) is 2. The minimum atomic E-state index is -0.0613. The molecule has 0 saturated carbocycles. The highest BCUT2D eigenvalue weighted by atomic mass is 16.3. The fourth-order valence-electron chi connectivity index (χ4n) is 1.27. The number of phenolic OH excluding ortho intramolecular Hbond substituents is 1. The molecule has 4 nitrogen and oxygen atoms in total. The summed E-state index contributed by atoms with van der Waals surface area (Å²) in [6, 6.07) is 4.86. The van der Waals surface area contributed by atoms with Crippen LogP contribution in [0.5, 0.6) is 5.75 Å². The average molecular weight is 208 g/mol. The standard InChI is InChI=1S/C11H16N2O2/c1-8-6-9(14)4-5-10(8)12-11(15)7-13(2)3/h4-6,14H,7H2,1-3H3,(H,12,15). The SMILES string of the molecule is Cc1cc(O)ccc1NC(=O)CN(C)C. The first-order valence-electron chi connectivity index (χ1n) is 4.73. The lowest BCUT2D eigenvalue weighted by Crippen LogP contribution is -2.27. The van der Waals surface area contributed by atoms with Crippen molar-refractivity contribution >= 4 is 11.6 Å². The van der Waals surface area contributed by atoms with Gasteiger partial charge >= 0.3 is 0 Å². The number of likely N-dealkylation sites (N-methyl/N-ethyl adjacent to an activating group) is 1. The van der Waals surface area contributed by atoms with Crippen molar-refractivity contribution < 1.29 is 9.90 Å². The van der Waals surface area contributed by atoms with Crippen LogP contribution in [0.4, 0.5) is 5.69 Å². The van der Waals surface area contributed by atoms with Crippen LogP contribution in [0.25, 0.3) is 0 Å². The maximum atomic E-state index is 11.4. The van der Waals surface area contributed by atoms with Gasteiger partial charge in [-0.25, -0.2) is 0 Å². The van der Waals surface area contributed by atoms with Gasteiger partial charge in [0.2, 0.25) is 5.91 Å². The third-order valence-electron chi connectivity index (χ3n) is 1.94. The highest BCUT2D eigenvalue weighted by Crippen LogP contribution is 2.19. The van der Waals surface area contributed by atoms with E-state index in [0.29, 0.717) is 6.54 Å². The molecule has 0 spiro atoms. The lowest BCUT2D eigenvalue weighted by atomic mass is 10.2. The number of carbonyl (C=O) groups excluding carboxylic acids is 1. The van der Waals surface area contributed by atoms with Crippen molar-refractivity contribution in [1.29, 1.82) is 0 Å². The normalized spacial score (nSPS) is 10.4. The first kappa shape index (κ1) is 11.5. The average Bonchev–Trinajstić information content (AvgIpc) is 2.08. The van der Waals surface area contributed by atoms with Crippen molar-refractivity contribution in [2.24, 2.45) is 0 Å². The van der Waals surface area contributed by atoms with Gasteiger partial charge in [-0.15, -0.1) is 0 Å². The zero-order chi connectivity index (χ0) is 11.4. The number of aromatic hydroxyl groups is 1. The second-order valence-electron chi connectivity index (χ2n) is 3.79. The van der Waals surface area contributed by atoms with Crippen LogP contribution >= 0.6 is 0 Å². The molecule has 0 heterocycles. The van der Waals surface area contributed by atoms with E-state index in [1.54, 1.807) is 23.1 Å². The first-order valence-corrected chi connectivity index (χ1v) is 4.73. The largest absolute Gasteiger partial charge is 0.508 e. The highest BCUT2D eigenvalue weighted by Gasteiger charge is 2.05. The monoisotopic (exact) mass is 208 g/mol. The Labute approximate surface area is 89.5 Å². The van der Waals surface area contributed by atoms with Crippen molar-refractivity contribution in [3.05, 3.63) is 23.8 Å². The Bertz CT molecular complexity index is 362. The molecule has 1 amide bonds. The summed E-state index contributed by atoms with van der Waals surface area (Å²) in [6.45, 7) is 2.19. The molecule has 0 aliphatic carbocycles. The molecule has 0 aliphatic rings. The molecule has 0 aliphatic heterocycles. The summed E-state index contributed by atoms with van der Waals surface area (Å²) in [6.07, 6.45) is 0. The fourth-order valence-corrected chi connectivity index (χ4v) is 1.27. The Morgan fingerprint density at radius 2 is 2.13 bits per heavy atom. The molecule has 0 fully saturated rings.